The van der Waals surface area contributed by atoms with Gasteiger partial charge in [0.2, 0.25) is 5.72 Å². The molecule has 0 aromatic carbocycles. The molecule has 1 unspecified atom stereocenters. The van der Waals surface area contributed by atoms with Crippen LogP contribution in [0.1, 0.15) is 12.5 Å². The molecule has 0 fully saturated rings. The third kappa shape index (κ3) is 1.87. The van der Waals surface area contributed by atoms with E-state index in [0.29, 0.717) is 0 Å². The average molecular weight is 283 g/mol. The summed E-state index contributed by atoms with van der Waals surface area (Å²) in [5.74, 6) is -0.217. The van der Waals surface area contributed by atoms with E-state index in [4.69, 9.17) is 9.84 Å². The molecule has 0 radical (unpaired) electrons. The minimum Gasteiger partial charge on any atom is -0.464 e. The van der Waals surface area contributed by atoms with E-state index in [9.17, 15) is 19.6 Å². The predicted molar refractivity (Wildman–Crippen MR) is 66.7 cm³/mol. The van der Waals surface area contributed by atoms with E-state index in [2.05, 4.69) is 10.2 Å². The van der Waals surface area contributed by atoms with Gasteiger partial charge in [-0.1, -0.05) is 0 Å². The molecule has 9 nitrogen and oxygen atoms in total. The molecule has 9 heteroatoms. The Morgan fingerprint density at radius 2 is 2.20 bits per heavy atom. The summed E-state index contributed by atoms with van der Waals surface area (Å²) in [4.78, 5) is 36.0. The normalized spacial score (nSPS) is 25.7. The van der Waals surface area contributed by atoms with Gasteiger partial charge >= 0.3 is 5.69 Å². The van der Waals surface area contributed by atoms with E-state index in [0.717, 1.165) is 4.57 Å². The summed E-state index contributed by atoms with van der Waals surface area (Å²) in [6.45, 7) is 2.16. The Morgan fingerprint density at radius 1 is 1.55 bits per heavy atom. The third-order valence-corrected chi connectivity index (χ3v) is 3.22. The number of nitrogens with one attached hydrogen (secondary N) is 1. The zero-order chi connectivity index (χ0) is 15.1. The van der Waals surface area contributed by atoms with Gasteiger partial charge in [0.1, 0.15) is 6.61 Å². The van der Waals surface area contributed by atoms with Gasteiger partial charge in [-0.2, -0.15) is 0 Å². The van der Waals surface area contributed by atoms with Gasteiger partial charge in [0.25, 0.3) is 5.56 Å². The fraction of sp³-hybridized carbons (Fsp3) is 0.455. The minimum atomic E-state index is -1.67. The molecule has 0 bridgehead atoms. The van der Waals surface area contributed by atoms with E-state index < -0.39 is 29.7 Å². The van der Waals surface area contributed by atoms with Gasteiger partial charge < -0.3 is 14.9 Å². The van der Waals surface area contributed by atoms with Crippen LogP contribution in [0.15, 0.2) is 32.4 Å². The first-order valence-corrected chi connectivity index (χ1v) is 5.72. The molecular weight excluding hydrogens is 270 g/mol. The standard InChI is InChI=1S/C11H13N3O6/c1-5-3-14(10(18)12-9(5)17)11(2)8(16)7(13-19)6(4-15)20-11/h3,8,15-16H,4H2,1-2H3,(H,12,17,18)/t8?,11-/m1/s1. The van der Waals surface area contributed by atoms with Crippen molar-refractivity contribution in [3.63, 3.8) is 0 Å². The SMILES string of the molecule is Cc1cn([C@]2(C)OC(CO)=C(N=O)C2O)c(=O)[nH]c1=O. The summed E-state index contributed by atoms with van der Waals surface area (Å²) in [7, 11) is 0. The summed E-state index contributed by atoms with van der Waals surface area (Å²) in [5, 5.41) is 21.8. The van der Waals surface area contributed by atoms with Gasteiger partial charge in [0, 0.05) is 11.8 Å². The van der Waals surface area contributed by atoms with Crippen molar-refractivity contribution in [2.24, 2.45) is 5.18 Å². The summed E-state index contributed by atoms with van der Waals surface area (Å²) < 4.78 is 6.25. The van der Waals surface area contributed by atoms with Crippen LogP contribution < -0.4 is 11.2 Å². The molecule has 1 aromatic heterocycles. The number of ether oxygens (including phenoxy) is 1. The molecule has 3 N–H and O–H groups in total. The van der Waals surface area contributed by atoms with Crippen molar-refractivity contribution in [2.45, 2.75) is 25.7 Å². The van der Waals surface area contributed by atoms with E-state index in [-0.39, 0.29) is 17.0 Å². The average Bonchev–Trinajstić information content (AvgIpc) is 2.66. The number of aliphatic hydroxyl groups is 2. The first-order valence-electron chi connectivity index (χ1n) is 5.72. The van der Waals surface area contributed by atoms with Gasteiger partial charge in [-0.15, -0.1) is 4.91 Å². The van der Waals surface area contributed by atoms with Gasteiger partial charge in [0.15, 0.2) is 17.6 Å². The van der Waals surface area contributed by atoms with Crippen molar-refractivity contribution in [2.75, 3.05) is 6.61 Å². The second kappa shape index (κ2) is 4.69. The summed E-state index contributed by atoms with van der Waals surface area (Å²) in [5.41, 5.74) is -3.21. The number of hydrogen-bond donors (Lipinski definition) is 3. The monoisotopic (exact) mass is 283 g/mol. The highest BCUT2D eigenvalue weighted by Crippen LogP contribution is 2.37. The Kier molecular flexibility index (Phi) is 3.32. The van der Waals surface area contributed by atoms with Crippen molar-refractivity contribution in [1.82, 2.24) is 9.55 Å². The van der Waals surface area contributed by atoms with E-state index in [1.54, 1.807) is 0 Å². The Hall–Kier alpha value is -2.26. The molecule has 0 saturated carbocycles. The smallest absolute Gasteiger partial charge is 0.331 e. The maximum Gasteiger partial charge on any atom is 0.331 e. The maximum atomic E-state index is 11.8. The molecule has 1 aliphatic heterocycles. The van der Waals surface area contributed by atoms with Crippen LogP contribution in [0.4, 0.5) is 0 Å². The lowest BCUT2D eigenvalue weighted by molar-refractivity contribution is -0.106. The molecule has 2 atom stereocenters. The van der Waals surface area contributed by atoms with E-state index in [1.807, 2.05) is 0 Å². The van der Waals surface area contributed by atoms with Crippen LogP contribution in [-0.4, -0.2) is 32.5 Å². The van der Waals surface area contributed by atoms with Gasteiger partial charge in [-0.05, 0) is 19.0 Å². The molecule has 108 valence electrons. The number of rotatable bonds is 3. The van der Waals surface area contributed by atoms with Crippen molar-refractivity contribution >= 4 is 0 Å². The molecule has 0 amide bonds. The quantitative estimate of drug-likeness (QED) is 0.601. The highest BCUT2D eigenvalue weighted by Gasteiger charge is 2.49. The Morgan fingerprint density at radius 3 is 2.70 bits per heavy atom. The first kappa shape index (κ1) is 14.2. The molecule has 0 spiro atoms. The number of aryl methyl sites for hydroxylation is 1. The molecule has 2 heterocycles. The summed E-state index contributed by atoms with van der Waals surface area (Å²) in [6, 6.07) is 0. The van der Waals surface area contributed by atoms with Crippen LogP contribution >= 0.6 is 0 Å². The van der Waals surface area contributed by atoms with Gasteiger partial charge in [-0.3, -0.25) is 14.3 Å². The number of aromatic amines is 1. The zero-order valence-corrected chi connectivity index (χ0v) is 10.8. The summed E-state index contributed by atoms with van der Waals surface area (Å²) >= 11 is 0. The van der Waals surface area contributed by atoms with E-state index >= 15 is 0 Å². The molecule has 1 aromatic rings. The van der Waals surface area contributed by atoms with Gasteiger partial charge in [0.05, 0.1) is 0 Å². The maximum absolute atomic E-state index is 11.8. The fourth-order valence-corrected chi connectivity index (χ4v) is 2.06. The number of aliphatic hydroxyl groups excluding tert-OH is 2. The van der Waals surface area contributed by atoms with Crippen LogP contribution in [0, 0.1) is 11.8 Å². The van der Waals surface area contributed by atoms with Crippen LogP contribution in [0.2, 0.25) is 0 Å². The number of H-pyrrole nitrogens is 1. The van der Waals surface area contributed by atoms with Crippen molar-refractivity contribution in [3.8, 4) is 0 Å². The highest BCUT2D eigenvalue weighted by molar-refractivity contribution is 5.22. The second-order valence-electron chi connectivity index (χ2n) is 4.56. The molecule has 20 heavy (non-hydrogen) atoms. The Balaban J connectivity index is 2.60. The predicted octanol–water partition coefficient (Wildman–Crippen LogP) is -1.12. The lowest BCUT2D eigenvalue weighted by Gasteiger charge is -2.30. The Bertz CT molecular complexity index is 703. The number of aromatic nitrogens is 2. The van der Waals surface area contributed by atoms with Crippen molar-refractivity contribution in [3.05, 3.63) is 49.0 Å². The first-order chi connectivity index (χ1) is 9.35. The van der Waals surface area contributed by atoms with Crippen LogP contribution in [0.3, 0.4) is 0 Å². The van der Waals surface area contributed by atoms with Gasteiger partial charge in [-0.25, -0.2) is 4.79 Å². The zero-order valence-electron chi connectivity index (χ0n) is 10.8. The van der Waals surface area contributed by atoms with Crippen LogP contribution in [0.5, 0.6) is 0 Å². The molecule has 1 aliphatic rings. The third-order valence-electron chi connectivity index (χ3n) is 3.22. The number of hydrogen-bond acceptors (Lipinski definition) is 7. The van der Waals surface area contributed by atoms with Crippen molar-refractivity contribution < 1.29 is 14.9 Å². The molecule has 0 saturated heterocycles. The van der Waals surface area contributed by atoms with Crippen molar-refractivity contribution in [1.29, 1.82) is 0 Å². The molecular formula is C11H13N3O6. The Labute approximate surface area is 112 Å². The topological polar surface area (TPSA) is 134 Å². The minimum absolute atomic E-state index is 0.217. The highest BCUT2D eigenvalue weighted by atomic mass is 16.6. The molecule has 0 aliphatic carbocycles. The van der Waals surface area contributed by atoms with Crippen LogP contribution in [-0.2, 0) is 10.5 Å². The number of nitroso groups, excluding NO2 is 1. The molecule has 2 rings (SSSR count). The summed E-state index contributed by atoms with van der Waals surface area (Å²) in [6.07, 6.45) is -0.349. The largest absolute Gasteiger partial charge is 0.464 e. The number of nitrogens with zero attached hydrogens (tertiary/aromatic N) is 2. The second-order valence-corrected chi connectivity index (χ2v) is 4.56. The lowest BCUT2D eigenvalue weighted by atomic mass is 10.1. The van der Waals surface area contributed by atoms with E-state index in [1.165, 1.54) is 20.0 Å². The fourth-order valence-electron chi connectivity index (χ4n) is 2.06. The van der Waals surface area contributed by atoms with Crippen LogP contribution in [0.25, 0.3) is 0 Å². The lowest BCUT2D eigenvalue weighted by Crippen LogP contribution is -2.49.